The van der Waals surface area contributed by atoms with Gasteiger partial charge in [-0.15, -0.1) is 0 Å². The maximum atomic E-state index is 7.43. The fourth-order valence-electron chi connectivity index (χ4n) is 2.04. The summed E-state index contributed by atoms with van der Waals surface area (Å²) in [6, 6.07) is 10.3. The van der Waals surface area contributed by atoms with Crippen molar-refractivity contribution >= 4 is 11.9 Å². The molecule has 0 saturated heterocycles. The van der Waals surface area contributed by atoms with E-state index < -0.39 is 0 Å². The standard InChI is InChI=1S/C16H27N5/c1-3-5-13-21(4-2)16(20-15(17)18)19-12-11-14-9-7-6-8-10-14/h6-10H,3-5,11-13H2,1-2H3,(H4,17,18,19,20). The third-order valence-corrected chi connectivity index (χ3v) is 3.21. The maximum Gasteiger partial charge on any atom is 0.200 e. The number of benzene rings is 1. The van der Waals surface area contributed by atoms with Crippen molar-refractivity contribution in [2.45, 2.75) is 33.1 Å². The van der Waals surface area contributed by atoms with Crippen molar-refractivity contribution in [1.29, 1.82) is 5.41 Å². The van der Waals surface area contributed by atoms with Crippen LogP contribution in [0.1, 0.15) is 32.3 Å². The minimum absolute atomic E-state index is 0.0663. The van der Waals surface area contributed by atoms with E-state index in [1.807, 2.05) is 18.2 Å². The number of rotatable bonds is 7. The first-order chi connectivity index (χ1) is 10.2. The largest absolute Gasteiger partial charge is 0.370 e. The predicted molar refractivity (Wildman–Crippen MR) is 89.7 cm³/mol. The van der Waals surface area contributed by atoms with Crippen LogP contribution in [0.15, 0.2) is 35.3 Å². The topological polar surface area (TPSA) is 77.5 Å². The molecule has 0 aliphatic heterocycles. The normalized spacial score (nSPS) is 11.2. The molecule has 116 valence electrons. The first kappa shape index (κ1) is 17.0. The summed E-state index contributed by atoms with van der Waals surface area (Å²) < 4.78 is 0. The molecule has 0 heterocycles. The molecule has 5 heteroatoms. The summed E-state index contributed by atoms with van der Waals surface area (Å²) in [5, 5.41) is 10.3. The van der Waals surface area contributed by atoms with Gasteiger partial charge in [-0.05, 0) is 25.3 Å². The van der Waals surface area contributed by atoms with E-state index in [-0.39, 0.29) is 5.96 Å². The van der Waals surface area contributed by atoms with Crippen LogP contribution in [0.5, 0.6) is 0 Å². The Morgan fingerprint density at radius 2 is 2.00 bits per heavy atom. The zero-order valence-electron chi connectivity index (χ0n) is 13.1. The van der Waals surface area contributed by atoms with E-state index in [4.69, 9.17) is 11.1 Å². The average molecular weight is 289 g/mol. The molecule has 1 rings (SSSR count). The van der Waals surface area contributed by atoms with E-state index in [1.54, 1.807) is 0 Å². The molecule has 0 unspecified atom stereocenters. The van der Waals surface area contributed by atoms with E-state index in [1.165, 1.54) is 5.56 Å². The number of aliphatic imine (C=N–C) groups is 1. The van der Waals surface area contributed by atoms with Gasteiger partial charge < -0.3 is 10.6 Å². The number of hydrogen-bond donors (Lipinski definition) is 3. The van der Waals surface area contributed by atoms with E-state index in [2.05, 4.69) is 41.2 Å². The molecule has 0 bridgehead atoms. The molecule has 5 nitrogen and oxygen atoms in total. The second-order valence-electron chi connectivity index (χ2n) is 4.91. The van der Waals surface area contributed by atoms with Gasteiger partial charge in [0, 0.05) is 19.6 Å². The Balaban J connectivity index is 2.66. The van der Waals surface area contributed by atoms with E-state index in [9.17, 15) is 0 Å². The van der Waals surface area contributed by atoms with Crippen molar-refractivity contribution in [3.63, 3.8) is 0 Å². The second kappa shape index (κ2) is 9.80. The summed E-state index contributed by atoms with van der Waals surface area (Å²) in [6.07, 6.45) is 3.12. The van der Waals surface area contributed by atoms with Crippen LogP contribution in [-0.2, 0) is 6.42 Å². The van der Waals surface area contributed by atoms with Gasteiger partial charge >= 0.3 is 0 Å². The van der Waals surface area contributed by atoms with Crippen LogP contribution in [0.25, 0.3) is 0 Å². The van der Waals surface area contributed by atoms with Gasteiger partial charge in [0.2, 0.25) is 5.96 Å². The first-order valence-electron chi connectivity index (χ1n) is 7.61. The van der Waals surface area contributed by atoms with Crippen molar-refractivity contribution in [3.05, 3.63) is 35.9 Å². The third-order valence-electron chi connectivity index (χ3n) is 3.21. The fraction of sp³-hybridized carbons (Fsp3) is 0.500. The predicted octanol–water partition coefficient (Wildman–Crippen LogP) is 2.19. The summed E-state index contributed by atoms with van der Waals surface area (Å²) in [7, 11) is 0. The van der Waals surface area contributed by atoms with Crippen LogP contribution < -0.4 is 11.1 Å². The molecule has 1 aromatic carbocycles. The molecule has 0 aliphatic rings. The Bertz CT molecular complexity index is 441. The number of guanidine groups is 2. The fourth-order valence-corrected chi connectivity index (χ4v) is 2.04. The number of nitrogens with two attached hydrogens (primary N) is 1. The molecule has 0 aromatic heterocycles. The van der Waals surface area contributed by atoms with Gasteiger partial charge in [-0.2, -0.15) is 0 Å². The minimum Gasteiger partial charge on any atom is -0.370 e. The molecule has 0 radical (unpaired) electrons. The Labute approximate surface area is 127 Å². The summed E-state index contributed by atoms with van der Waals surface area (Å²) >= 11 is 0. The van der Waals surface area contributed by atoms with Crippen LogP contribution in [0.4, 0.5) is 0 Å². The highest BCUT2D eigenvalue weighted by atomic mass is 15.3. The first-order valence-corrected chi connectivity index (χ1v) is 7.61. The quantitative estimate of drug-likeness (QED) is 0.532. The number of unbranched alkanes of at least 4 members (excludes halogenated alkanes) is 1. The van der Waals surface area contributed by atoms with Crippen LogP contribution in [0, 0.1) is 5.41 Å². The highest BCUT2D eigenvalue weighted by molar-refractivity contribution is 5.96. The number of nitrogens with one attached hydrogen (secondary N) is 2. The second-order valence-corrected chi connectivity index (χ2v) is 4.91. The lowest BCUT2D eigenvalue weighted by atomic mass is 10.2. The van der Waals surface area contributed by atoms with E-state index >= 15 is 0 Å². The lowest BCUT2D eigenvalue weighted by Crippen LogP contribution is -2.47. The molecule has 0 atom stereocenters. The molecule has 21 heavy (non-hydrogen) atoms. The molecule has 0 saturated carbocycles. The average Bonchev–Trinajstić information content (AvgIpc) is 2.48. The molecule has 0 spiro atoms. The molecule has 1 aromatic rings. The van der Waals surface area contributed by atoms with Crippen molar-refractivity contribution in [3.8, 4) is 0 Å². The van der Waals surface area contributed by atoms with Gasteiger partial charge in [-0.3, -0.25) is 15.7 Å². The maximum absolute atomic E-state index is 7.43. The highest BCUT2D eigenvalue weighted by Crippen LogP contribution is 2.01. The van der Waals surface area contributed by atoms with Gasteiger partial charge in [0.1, 0.15) is 0 Å². The van der Waals surface area contributed by atoms with Crippen LogP contribution in [0.3, 0.4) is 0 Å². The Morgan fingerprint density at radius 3 is 2.57 bits per heavy atom. The smallest absolute Gasteiger partial charge is 0.200 e. The summed E-state index contributed by atoms with van der Waals surface area (Å²) in [6.45, 7) is 6.72. The monoisotopic (exact) mass is 289 g/mol. The Morgan fingerprint density at radius 1 is 1.29 bits per heavy atom. The van der Waals surface area contributed by atoms with Crippen molar-refractivity contribution in [2.24, 2.45) is 10.7 Å². The van der Waals surface area contributed by atoms with Gasteiger partial charge in [0.15, 0.2) is 5.96 Å². The zero-order valence-corrected chi connectivity index (χ0v) is 13.1. The molecular formula is C16H27N5. The van der Waals surface area contributed by atoms with Gasteiger partial charge in [-0.25, -0.2) is 0 Å². The van der Waals surface area contributed by atoms with Gasteiger partial charge in [-0.1, -0.05) is 43.7 Å². The van der Waals surface area contributed by atoms with E-state index in [0.29, 0.717) is 12.5 Å². The highest BCUT2D eigenvalue weighted by Gasteiger charge is 2.09. The molecular weight excluding hydrogens is 262 g/mol. The lowest BCUT2D eigenvalue weighted by Gasteiger charge is -2.24. The number of nitrogens with zero attached hydrogens (tertiary/aromatic N) is 2. The zero-order chi connectivity index (χ0) is 15.5. The lowest BCUT2D eigenvalue weighted by molar-refractivity contribution is 0.417. The Hall–Kier alpha value is -2.04. The minimum atomic E-state index is -0.0663. The van der Waals surface area contributed by atoms with Crippen LogP contribution in [0.2, 0.25) is 0 Å². The number of hydrogen-bond acceptors (Lipinski definition) is 2. The Kier molecular flexibility index (Phi) is 7.94. The molecule has 4 N–H and O–H groups in total. The molecule has 0 aliphatic carbocycles. The van der Waals surface area contributed by atoms with Crippen molar-refractivity contribution < 1.29 is 0 Å². The van der Waals surface area contributed by atoms with E-state index in [0.717, 1.165) is 32.4 Å². The van der Waals surface area contributed by atoms with Crippen LogP contribution >= 0.6 is 0 Å². The summed E-state index contributed by atoms with van der Waals surface area (Å²) in [5.41, 5.74) is 6.73. The van der Waals surface area contributed by atoms with Gasteiger partial charge in [0.25, 0.3) is 0 Å². The molecule has 0 amide bonds. The van der Waals surface area contributed by atoms with Crippen LogP contribution in [-0.4, -0.2) is 36.5 Å². The SMILES string of the molecule is CCCCN(CC)C(=NCCc1ccccc1)NC(=N)N. The molecule has 0 fully saturated rings. The third kappa shape index (κ3) is 6.79. The van der Waals surface area contributed by atoms with Crippen molar-refractivity contribution in [1.82, 2.24) is 10.2 Å². The van der Waals surface area contributed by atoms with Crippen molar-refractivity contribution in [2.75, 3.05) is 19.6 Å². The summed E-state index contributed by atoms with van der Waals surface area (Å²) in [5.74, 6) is 0.637. The summed E-state index contributed by atoms with van der Waals surface area (Å²) in [4.78, 5) is 6.73. The van der Waals surface area contributed by atoms with Gasteiger partial charge in [0.05, 0.1) is 0 Å².